The molecule has 3 aromatic rings. The van der Waals surface area contributed by atoms with Crippen LogP contribution in [0.5, 0.6) is 0 Å². The quantitative estimate of drug-likeness (QED) is 0.643. The van der Waals surface area contributed by atoms with Crippen LogP contribution in [0.25, 0.3) is 11.2 Å². The summed E-state index contributed by atoms with van der Waals surface area (Å²) < 4.78 is 4.91. The summed E-state index contributed by atoms with van der Waals surface area (Å²) in [5.74, 6) is 1.23. The van der Waals surface area contributed by atoms with Crippen LogP contribution in [0.3, 0.4) is 0 Å². The molecule has 1 aliphatic rings. The number of hydrogen-bond donors (Lipinski definition) is 0. The number of aromatic nitrogens is 4. The van der Waals surface area contributed by atoms with Crippen molar-refractivity contribution in [3.63, 3.8) is 0 Å². The smallest absolute Gasteiger partial charge is 0.332 e. The predicted octanol–water partition coefficient (Wildman–Crippen LogP) is 2.40. The zero-order valence-corrected chi connectivity index (χ0v) is 17.5. The SMILES string of the molecule is CC(C)CCn1c(=O)c2c(nc3n2CCCN3CCc2ccccc2)n(C)c1=O. The van der Waals surface area contributed by atoms with E-state index in [2.05, 4.69) is 43.0 Å². The number of rotatable bonds is 6. The Balaban J connectivity index is 1.74. The van der Waals surface area contributed by atoms with Gasteiger partial charge in [-0.3, -0.25) is 13.9 Å². The Hall–Kier alpha value is -2.83. The number of fused-ring (bicyclic) bond motifs is 3. The molecule has 29 heavy (non-hydrogen) atoms. The average Bonchev–Trinajstić information content (AvgIpc) is 3.11. The number of anilines is 1. The molecule has 1 aromatic carbocycles. The van der Waals surface area contributed by atoms with E-state index < -0.39 is 0 Å². The molecule has 0 radical (unpaired) electrons. The first kappa shape index (κ1) is 19.5. The molecule has 1 aliphatic heterocycles. The maximum atomic E-state index is 13.2. The molecule has 0 atom stereocenters. The molecule has 3 heterocycles. The molecule has 2 aromatic heterocycles. The molecule has 0 unspecified atom stereocenters. The van der Waals surface area contributed by atoms with Gasteiger partial charge in [-0.25, -0.2) is 4.79 Å². The van der Waals surface area contributed by atoms with Crippen molar-refractivity contribution >= 4 is 17.1 Å². The normalized spacial score (nSPS) is 14.0. The zero-order chi connectivity index (χ0) is 20.5. The van der Waals surface area contributed by atoms with E-state index in [9.17, 15) is 9.59 Å². The Morgan fingerprint density at radius 2 is 1.83 bits per heavy atom. The molecule has 0 aliphatic carbocycles. The monoisotopic (exact) mass is 395 g/mol. The van der Waals surface area contributed by atoms with E-state index in [1.54, 1.807) is 7.05 Å². The fourth-order valence-corrected chi connectivity index (χ4v) is 4.04. The van der Waals surface area contributed by atoms with Crippen LogP contribution in [0.1, 0.15) is 32.3 Å². The first-order chi connectivity index (χ1) is 14.0. The van der Waals surface area contributed by atoms with Gasteiger partial charge in [0.1, 0.15) is 0 Å². The highest BCUT2D eigenvalue weighted by Crippen LogP contribution is 2.24. The van der Waals surface area contributed by atoms with Gasteiger partial charge in [-0.2, -0.15) is 4.98 Å². The Kier molecular flexibility index (Phi) is 5.30. The minimum Gasteiger partial charge on any atom is -0.342 e. The fourth-order valence-electron chi connectivity index (χ4n) is 4.04. The van der Waals surface area contributed by atoms with Crippen molar-refractivity contribution < 1.29 is 0 Å². The molecular weight excluding hydrogens is 366 g/mol. The lowest BCUT2D eigenvalue weighted by Gasteiger charge is -2.29. The molecule has 0 fully saturated rings. The van der Waals surface area contributed by atoms with Gasteiger partial charge in [-0.15, -0.1) is 0 Å². The van der Waals surface area contributed by atoms with Crippen LogP contribution < -0.4 is 16.1 Å². The molecular formula is C22H29N5O2. The summed E-state index contributed by atoms with van der Waals surface area (Å²) in [5, 5.41) is 0. The summed E-state index contributed by atoms with van der Waals surface area (Å²) in [6.45, 7) is 7.13. The lowest BCUT2D eigenvalue weighted by atomic mass is 10.1. The van der Waals surface area contributed by atoms with E-state index in [0.29, 0.717) is 23.6 Å². The Morgan fingerprint density at radius 3 is 2.55 bits per heavy atom. The summed E-state index contributed by atoms with van der Waals surface area (Å²) in [6.07, 6.45) is 2.67. The summed E-state index contributed by atoms with van der Waals surface area (Å²) in [4.78, 5) is 33.0. The number of imidazole rings is 1. The number of hydrogen-bond acceptors (Lipinski definition) is 4. The van der Waals surface area contributed by atoms with E-state index in [1.165, 1.54) is 14.7 Å². The lowest BCUT2D eigenvalue weighted by molar-refractivity contribution is 0.486. The standard InChI is InChI=1S/C22H29N5O2/c1-16(2)10-15-27-20(28)18-19(24(3)22(27)29)23-21-25(12-7-13-26(18)21)14-11-17-8-5-4-6-9-17/h4-6,8-9,16H,7,10-15H2,1-3H3. The second kappa shape index (κ2) is 7.89. The van der Waals surface area contributed by atoms with Crippen molar-refractivity contribution in [3.8, 4) is 0 Å². The highest BCUT2D eigenvalue weighted by molar-refractivity contribution is 5.74. The fraction of sp³-hybridized carbons (Fsp3) is 0.500. The maximum Gasteiger partial charge on any atom is 0.332 e. The Labute approximate surface area is 170 Å². The molecule has 0 saturated heterocycles. The molecule has 4 rings (SSSR count). The van der Waals surface area contributed by atoms with Gasteiger partial charge >= 0.3 is 5.69 Å². The third-order valence-corrected chi connectivity index (χ3v) is 5.75. The van der Waals surface area contributed by atoms with Gasteiger partial charge in [-0.05, 0) is 30.7 Å². The summed E-state index contributed by atoms with van der Waals surface area (Å²) >= 11 is 0. The minimum absolute atomic E-state index is 0.215. The molecule has 154 valence electrons. The zero-order valence-electron chi connectivity index (χ0n) is 17.5. The number of nitrogens with zero attached hydrogens (tertiary/aromatic N) is 5. The summed E-state index contributed by atoms with van der Waals surface area (Å²) in [5.41, 5.74) is 1.82. The van der Waals surface area contributed by atoms with Crippen molar-refractivity contribution in [2.75, 3.05) is 18.0 Å². The molecule has 0 amide bonds. The molecule has 7 heteroatoms. The minimum atomic E-state index is -0.283. The van der Waals surface area contributed by atoms with Gasteiger partial charge in [0.05, 0.1) is 0 Å². The molecule has 0 N–H and O–H groups in total. The number of benzene rings is 1. The molecule has 7 nitrogen and oxygen atoms in total. The summed E-state index contributed by atoms with van der Waals surface area (Å²) in [6, 6.07) is 10.4. The van der Waals surface area contributed by atoms with Crippen molar-refractivity contribution in [2.24, 2.45) is 13.0 Å². The summed E-state index contributed by atoms with van der Waals surface area (Å²) in [7, 11) is 1.71. The predicted molar refractivity (Wildman–Crippen MR) is 116 cm³/mol. The van der Waals surface area contributed by atoms with Crippen LogP contribution in [0.4, 0.5) is 5.95 Å². The Morgan fingerprint density at radius 1 is 1.07 bits per heavy atom. The van der Waals surface area contributed by atoms with Gasteiger partial charge in [-0.1, -0.05) is 44.2 Å². The van der Waals surface area contributed by atoms with Crippen LogP contribution in [0, 0.1) is 5.92 Å². The topological polar surface area (TPSA) is 65.1 Å². The Bertz CT molecular complexity index is 1120. The van der Waals surface area contributed by atoms with Crippen LogP contribution in [-0.2, 0) is 26.6 Å². The first-order valence-electron chi connectivity index (χ1n) is 10.5. The highest BCUT2D eigenvalue weighted by atomic mass is 16.2. The number of aryl methyl sites for hydroxylation is 2. The maximum absolute atomic E-state index is 13.2. The largest absolute Gasteiger partial charge is 0.342 e. The van der Waals surface area contributed by atoms with Gasteiger partial charge in [0.15, 0.2) is 11.2 Å². The lowest BCUT2D eigenvalue weighted by Crippen LogP contribution is -2.40. The molecule has 0 spiro atoms. The van der Waals surface area contributed by atoms with Gasteiger partial charge in [0.2, 0.25) is 5.95 Å². The molecule has 0 bridgehead atoms. The van der Waals surface area contributed by atoms with Crippen molar-refractivity contribution in [3.05, 3.63) is 56.7 Å². The first-order valence-corrected chi connectivity index (χ1v) is 10.5. The molecule has 0 saturated carbocycles. The van der Waals surface area contributed by atoms with Crippen LogP contribution in [0.15, 0.2) is 39.9 Å². The van der Waals surface area contributed by atoms with E-state index >= 15 is 0 Å². The van der Waals surface area contributed by atoms with E-state index in [0.717, 1.165) is 44.8 Å². The third-order valence-electron chi connectivity index (χ3n) is 5.75. The van der Waals surface area contributed by atoms with Crippen molar-refractivity contribution in [1.29, 1.82) is 0 Å². The van der Waals surface area contributed by atoms with E-state index in [4.69, 9.17) is 4.98 Å². The second-order valence-corrected chi connectivity index (χ2v) is 8.29. The average molecular weight is 396 g/mol. The second-order valence-electron chi connectivity index (χ2n) is 8.29. The van der Waals surface area contributed by atoms with Gasteiger partial charge in [0.25, 0.3) is 5.56 Å². The van der Waals surface area contributed by atoms with Crippen LogP contribution in [0.2, 0.25) is 0 Å². The van der Waals surface area contributed by atoms with Crippen molar-refractivity contribution in [1.82, 2.24) is 18.7 Å². The van der Waals surface area contributed by atoms with E-state index in [1.807, 2.05) is 10.6 Å². The van der Waals surface area contributed by atoms with Crippen molar-refractivity contribution in [2.45, 2.75) is 46.2 Å². The van der Waals surface area contributed by atoms with E-state index in [-0.39, 0.29) is 11.2 Å². The van der Waals surface area contributed by atoms with Gasteiger partial charge in [0, 0.05) is 33.2 Å². The van der Waals surface area contributed by atoms with Crippen LogP contribution in [-0.4, -0.2) is 31.8 Å². The highest BCUT2D eigenvalue weighted by Gasteiger charge is 2.25. The third kappa shape index (κ3) is 3.61. The van der Waals surface area contributed by atoms with Crippen LogP contribution >= 0.6 is 0 Å². The van der Waals surface area contributed by atoms with Gasteiger partial charge < -0.3 is 9.47 Å².